The van der Waals surface area contributed by atoms with Crippen LogP contribution in [-0.2, 0) is 40.6 Å². The van der Waals surface area contributed by atoms with Crippen LogP contribution in [0.3, 0.4) is 0 Å². The number of carbonyl (C=O) groups excluding carboxylic acids is 1. The van der Waals surface area contributed by atoms with E-state index in [0.717, 1.165) is 55.5 Å². The average Bonchev–Trinajstić information content (AvgIpc) is 3.51. The Bertz CT molecular complexity index is 1290. The molecule has 1 unspecified atom stereocenters. The van der Waals surface area contributed by atoms with Crippen molar-refractivity contribution >= 4 is 27.8 Å². The zero-order chi connectivity index (χ0) is 23.4. The summed E-state index contributed by atoms with van der Waals surface area (Å²) in [6, 6.07) is 1.51. The molecule has 10 nitrogen and oxygen atoms in total. The summed E-state index contributed by atoms with van der Waals surface area (Å²) in [6.07, 6.45) is 9.20. The van der Waals surface area contributed by atoms with Gasteiger partial charge >= 0.3 is 6.03 Å². The summed E-state index contributed by atoms with van der Waals surface area (Å²) in [7, 11) is -2.48. The third kappa shape index (κ3) is 3.58. The lowest BCUT2D eigenvalue weighted by Gasteiger charge is -2.44. The Kier molecular flexibility index (Phi) is 5.16. The van der Waals surface area contributed by atoms with Gasteiger partial charge < -0.3 is 14.8 Å². The van der Waals surface area contributed by atoms with E-state index in [1.807, 2.05) is 6.08 Å². The van der Waals surface area contributed by atoms with E-state index in [4.69, 9.17) is 9.47 Å². The predicted molar refractivity (Wildman–Crippen MR) is 124 cm³/mol. The molecular formula is C23H27N5O5S. The number of methoxy groups -OCH3 is 1. The number of rotatable bonds is 5. The lowest BCUT2D eigenvalue weighted by Crippen LogP contribution is -2.59. The molecule has 2 aromatic rings. The van der Waals surface area contributed by atoms with E-state index < -0.39 is 16.1 Å². The number of sulfonamides is 1. The number of allylic oxidation sites excluding steroid dienone is 1. The largest absolute Gasteiger partial charge is 0.475 e. The van der Waals surface area contributed by atoms with Crippen LogP contribution >= 0.6 is 0 Å². The molecule has 2 aliphatic carbocycles. The fourth-order valence-corrected chi connectivity index (χ4v) is 6.31. The summed E-state index contributed by atoms with van der Waals surface area (Å²) < 4.78 is 40.9. The number of anilines is 1. The van der Waals surface area contributed by atoms with Crippen molar-refractivity contribution in [2.45, 2.75) is 49.3 Å². The van der Waals surface area contributed by atoms with Crippen LogP contribution in [0.1, 0.15) is 28.7 Å². The Morgan fingerprint density at radius 2 is 2.09 bits per heavy atom. The molecule has 2 amide bonds. The van der Waals surface area contributed by atoms with E-state index in [1.54, 1.807) is 11.8 Å². The summed E-state index contributed by atoms with van der Waals surface area (Å²) in [6.45, 7) is 2.50. The van der Waals surface area contributed by atoms with Crippen LogP contribution in [0.4, 0.5) is 10.5 Å². The lowest BCUT2D eigenvalue weighted by atomic mass is 9.98. The molecule has 6 rings (SSSR count). The van der Waals surface area contributed by atoms with Gasteiger partial charge in [0.05, 0.1) is 30.6 Å². The van der Waals surface area contributed by atoms with Gasteiger partial charge in [0.25, 0.3) is 10.0 Å². The first-order chi connectivity index (χ1) is 16.4. The number of benzene rings is 1. The van der Waals surface area contributed by atoms with Gasteiger partial charge in [-0.2, -0.15) is 5.10 Å². The number of hydrogen-bond donors (Lipinski definition) is 2. The molecule has 0 spiro atoms. The maximum Gasteiger partial charge on any atom is 0.333 e. The minimum Gasteiger partial charge on any atom is -0.475 e. The molecule has 1 aromatic heterocycles. The van der Waals surface area contributed by atoms with E-state index in [0.29, 0.717) is 18.8 Å². The highest BCUT2D eigenvalue weighted by molar-refractivity contribution is 7.90. The summed E-state index contributed by atoms with van der Waals surface area (Å²) in [5.41, 5.74) is 5.16. The number of likely N-dealkylation sites (tertiary alicyclic amines) is 1. The first-order valence-electron chi connectivity index (χ1n) is 11.6. The van der Waals surface area contributed by atoms with E-state index in [9.17, 15) is 13.2 Å². The topological polar surface area (TPSA) is 115 Å². The number of fused-ring (bicyclic) bond motifs is 3. The number of hydrogen-bond acceptors (Lipinski definition) is 7. The SMILES string of the molecule is COC1CN(C2COc3c(S(=O)(=O)NC(=O)Nc4c5c(cc6c4CCC6)CC=C5)cnn3C2)C1. The van der Waals surface area contributed by atoms with Crippen molar-refractivity contribution in [3.63, 3.8) is 0 Å². The molecule has 1 atom stereocenters. The molecule has 34 heavy (non-hydrogen) atoms. The van der Waals surface area contributed by atoms with E-state index in [-0.39, 0.29) is 22.9 Å². The Labute approximate surface area is 198 Å². The van der Waals surface area contributed by atoms with Gasteiger partial charge in [0.1, 0.15) is 6.61 Å². The van der Waals surface area contributed by atoms with Crippen molar-refractivity contribution in [3.05, 3.63) is 40.6 Å². The predicted octanol–water partition coefficient (Wildman–Crippen LogP) is 1.54. The fourth-order valence-electron chi connectivity index (χ4n) is 5.33. The monoisotopic (exact) mass is 485 g/mol. The minimum absolute atomic E-state index is 0.0981. The molecule has 180 valence electrons. The van der Waals surface area contributed by atoms with E-state index >= 15 is 0 Å². The third-order valence-electron chi connectivity index (χ3n) is 7.19. The van der Waals surface area contributed by atoms with Crippen molar-refractivity contribution in [2.75, 3.05) is 32.1 Å². The summed E-state index contributed by atoms with van der Waals surface area (Å²) >= 11 is 0. The Morgan fingerprint density at radius 3 is 2.91 bits per heavy atom. The summed E-state index contributed by atoms with van der Waals surface area (Å²) in [5, 5.41) is 7.03. The zero-order valence-corrected chi connectivity index (χ0v) is 19.7. The molecule has 11 heteroatoms. The molecule has 0 radical (unpaired) electrons. The molecule has 2 aliphatic heterocycles. The molecule has 4 aliphatic rings. The highest BCUT2D eigenvalue weighted by Crippen LogP contribution is 2.38. The average molecular weight is 486 g/mol. The first kappa shape index (κ1) is 21.6. The number of amides is 2. The van der Waals surface area contributed by atoms with E-state index in [1.165, 1.54) is 11.8 Å². The van der Waals surface area contributed by atoms with Crippen LogP contribution in [-0.4, -0.2) is 68.1 Å². The van der Waals surface area contributed by atoms with Gasteiger partial charge in [-0.3, -0.25) is 4.90 Å². The Hall–Kier alpha value is -2.89. The van der Waals surface area contributed by atoms with Crippen LogP contribution in [0.15, 0.2) is 23.2 Å². The zero-order valence-electron chi connectivity index (χ0n) is 18.9. The first-order valence-corrected chi connectivity index (χ1v) is 13.0. The van der Waals surface area contributed by atoms with E-state index in [2.05, 4.69) is 32.2 Å². The number of ether oxygens (including phenoxy) is 2. The van der Waals surface area contributed by atoms with Crippen LogP contribution in [0, 0.1) is 0 Å². The molecular weight excluding hydrogens is 458 g/mol. The van der Waals surface area contributed by atoms with Gasteiger partial charge in [-0.1, -0.05) is 18.2 Å². The van der Waals surface area contributed by atoms with Gasteiger partial charge in [-0.05, 0) is 42.4 Å². The van der Waals surface area contributed by atoms with Gasteiger partial charge in [0, 0.05) is 25.8 Å². The second-order valence-electron chi connectivity index (χ2n) is 9.25. The molecule has 2 N–H and O–H groups in total. The van der Waals surface area contributed by atoms with Crippen LogP contribution in [0.5, 0.6) is 5.88 Å². The van der Waals surface area contributed by atoms with Gasteiger partial charge in [0.15, 0.2) is 4.90 Å². The number of carbonyl (C=O) groups is 1. The smallest absolute Gasteiger partial charge is 0.333 e. The molecule has 0 bridgehead atoms. The number of aromatic nitrogens is 2. The number of nitrogens with zero attached hydrogens (tertiary/aromatic N) is 3. The highest BCUT2D eigenvalue weighted by atomic mass is 32.2. The van der Waals surface area contributed by atoms with Gasteiger partial charge in [-0.25, -0.2) is 22.6 Å². The number of urea groups is 1. The number of nitrogens with one attached hydrogen (secondary N) is 2. The van der Waals surface area contributed by atoms with Gasteiger partial charge in [-0.15, -0.1) is 0 Å². The summed E-state index contributed by atoms with van der Waals surface area (Å²) in [5.74, 6) is 0.157. The fraction of sp³-hybridized carbons (Fsp3) is 0.478. The maximum atomic E-state index is 13.1. The van der Waals surface area contributed by atoms with Crippen molar-refractivity contribution in [1.29, 1.82) is 0 Å². The number of aryl methyl sites for hydroxylation is 1. The summed E-state index contributed by atoms with van der Waals surface area (Å²) in [4.78, 5) is 14.9. The lowest BCUT2D eigenvalue weighted by molar-refractivity contribution is -0.0687. The molecule has 0 saturated carbocycles. The molecule has 1 aromatic carbocycles. The van der Waals surface area contributed by atoms with Crippen molar-refractivity contribution in [1.82, 2.24) is 19.4 Å². The second-order valence-corrected chi connectivity index (χ2v) is 10.9. The Morgan fingerprint density at radius 1 is 1.24 bits per heavy atom. The normalized spacial score (nSPS) is 21.4. The van der Waals surface area contributed by atoms with Crippen molar-refractivity contribution in [2.24, 2.45) is 0 Å². The second kappa shape index (κ2) is 8.10. The molecule has 1 fully saturated rings. The maximum absolute atomic E-state index is 13.1. The minimum atomic E-state index is -4.17. The highest BCUT2D eigenvalue weighted by Gasteiger charge is 2.37. The Balaban J connectivity index is 1.18. The van der Waals surface area contributed by atoms with Gasteiger partial charge in [0.2, 0.25) is 5.88 Å². The van der Waals surface area contributed by atoms with Crippen molar-refractivity contribution in [3.8, 4) is 5.88 Å². The van der Waals surface area contributed by atoms with Crippen LogP contribution in [0.2, 0.25) is 0 Å². The standard InChI is InChI=1S/C23H27N5O5S/c1-32-17-11-27(12-17)16-10-28-22(33-13-16)20(9-24-28)34(30,31)26-23(29)25-21-18-6-2-4-14(18)8-15-5-3-7-19(15)21/h2,6,8-9,16-17H,3-5,7,10-13H2,1H3,(H2,25,26,29). The van der Waals surface area contributed by atoms with Crippen molar-refractivity contribution < 1.29 is 22.7 Å². The molecule has 3 heterocycles. The molecule has 1 saturated heterocycles. The van der Waals surface area contributed by atoms with Crippen LogP contribution in [0.25, 0.3) is 6.08 Å². The quantitative estimate of drug-likeness (QED) is 0.660. The third-order valence-corrected chi connectivity index (χ3v) is 8.50. The van der Waals surface area contributed by atoms with Crippen LogP contribution < -0.4 is 14.8 Å².